The van der Waals surface area contributed by atoms with Gasteiger partial charge in [-0.2, -0.15) is 0 Å². The number of rotatable bonds is 9. The number of benzene rings is 2. The van der Waals surface area contributed by atoms with Crippen molar-refractivity contribution in [3.8, 4) is 0 Å². The smallest absolute Gasteiger partial charge is 0.242 e. The van der Waals surface area contributed by atoms with E-state index in [1.165, 1.54) is 35.4 Å². The third kappa shape index (κ3) is 6.67. The van der Waals surface area contributed by atoms with Crippen LogP contribution in [0.25, 0.3) is 0 Å². The molecule has 0 spiro atoms. The van der Waals surface area contributed by atoms with Crippen molar-refractivity contribution >= 4 is 39.1 Å². The lowest BCUT2D eigenvalue weighted by Crippen LogP contribution is -2.45. The summed E-state index contributed by atoms with van der Waals surface area (Å²) in [5, 5.41) is 3.10. The van der Waals surface area contributed by atoms with Crippen LogP contribution < -0.4 is 14.9 Å². The third-order valence-electron chi connectivity index (χ3n) is 4.84. The second-order valence-corrected chi connectivity index (χ2v) is 9.61. The van der Waals surface area contributed by atoms with Gasteiger partial charge in [0.05, 0.1) is 24.2 Å². The highest BCUT2D eigenvalue weighted by Gasteiger charge is 2.23. The molecule has 0 aliphatic heterocycles. The first-order chi connectivity index (χ1) is 15.7. The van der Waals surface area contributed by atoms with Gasteiger partial charge in [0.2, 0.25) is 21.8 Å². The molecule has 0 radical (unpaired) electrons. The lowest BCUT2D eigenvalue weighted by atomic mass is 10.1. The highest BCUT2D eigenvalue weighted by molar-refractivity contribution is 7.89. The normalized spacial score (nSPS) is 11.2. The van der Waals surface area contributed by atoms with Crippen LogP contribution in [0, 0.1) is 13.8 Å². The quantitative estimate of drug-likeness (QED) is 0.480. The molecule has 0 bridgehead atoms. The molecule has 10 heteroatoms. The number of nitrogens with one attached hydrogen (secondary N) is 2. The van der Waals surface area contributed by atoms with Gasteiger partial charge in [-0.25, -0.2) is 13.1 Å². The van der Waals surface area contributed by atoms with Crippen molar-refractivity contribution in [1.29, 1.82) is 0 Å². The Bertz CT molecular complexity index is 1230. The molecule has 0 aliphatic carbocycles. The number of anilines is 1. The van der Waals surface area contributed by atoms with E-state index in [9.17, 15) is 18.0 Å². The first kappa shape index (κ1) is 24.5. The summed E-state index contributed by atoms with van der Waals surface area (Å²) < 4.78 is 32.6. The summed E-state index contributed by atoms with van der Waals surface area (Å²) in [6.45, 7) is 3.04. The summed E-state index contributed by atoms with van der Waals surface area (Å²) in [6.07, 6.45) is 1.50. The maximum atomic E-state index is 13.1. The Morgan fingerprint density at radius 1 is 1.06 bits per heavy atom. The van der Waals surface area contributed by atoms with Crippen molar-refractivity contribution in [2.24, 2.45) is 0 Å². The molecule has 174 valence electrons. The minimum Gasteiger partial charge on any atom is -0.467 e. The molecule has 3 aromatic rings. The molecule has 0 fully saturated rings. The maximum Gasteiger partial charge on any atom is 0.242 e. The van der Waals surface area contributed by atoms with E-state index in [1.807, 2.05) is 26.0 Å². The fraction of sp³-hybridized carbons (Fsp3) is 0.217. The number of hydrogen-bond acceptors (Lipinski definition) is 5. The van der Waals surface area contributed by atoms with E-state index in [-0.39, 0.29) is 18.0 Å². The van der Waals surface area contributed by atoms with Crippen LogP contribution in [0.5, 0.6) is 0 Å². The van der Waals surface area contributed by atoms with Gasteiger partial charge in [-0.1, -0.05) is 23.7 Å². The minimum absolute atomic E-state index is 0.0193. The molecule has 2 amide bonds. The Morgan fingerprint density at radius 3 is 2.45 bits per heavy atom. The van der Waals surface area contributed by atoms with Crippen LogP contribution in [0.15, 0.2) is 70.2 Å². The number of furan rings is 1. The number of nitrogens with zero attached hydrogens (tertiary/aromatic N) is 1. The van der Waals surface area contributed by atoms with Gasteiger partial charge in [0.25, 0.3) is 0 Å². The molecule has 2 N–H and O–H groups in total. The Labute approximate surface area is 197 Å². The number of carbonyl (C=O) groups is 2. The van der Waals surface area contributed by atoms with Crippen LogP contribution in [0.4, 0.5) is 5.69 Å². The number of halogens is 1. The molecule has 0 atom stereocenters. The maximum absolute atomic E-state index is 13.1. The number of sulfonamides is 1. The lowest BCUT2D eigenvalue weighted by Gasteiger charge is -2.24. The number of amides is 2. The summed E-state index contributed by atoms with van der Waals surface area (Å²) in [6, 6.07) is 14.5. The monoisotopic (exact) mass is 489 g/mol. The van der Waals surface area contributed by atoms with Gasteiger partial charge in [0, 0.05) is 10.7 Å². The Hall–Kier alpha value is -3.14. The van der Waals surface area contributed by atoms with Crippen molar-refractivity contribution in [2.75, 3.05) is 18.0 Å². The molecule has 0 unspecified atom stereocenters. The summed E-state index contributed by atoms with van der Waals surface area (Å²) in [5.74, 6) is -0.417. The fourth-order valence-corrected chi connectivity index (χ4v) is 4.17. The van der Waals surface area contributed by atoms with Gasteiger partial charge in [-0.15, -0.1) is 0 Å². The highest BCUT2D eigenvalue weighted by atomic mass is 35.5. The Balaban J connectivity index is 1.76. The zero-order valence-electron chi connectivity index (χ0n) is 18.2. The second-order valence-electron chi connectivity index (χ2n) is 7.40. The summed E-state index contributed by atoms with van der Waals surface area (Å²) >= 11 is 5.81. The number of aryl methyl sites for hydroxylation is 2. The van der Waals surface area contributed by atoms with Gasteiger partial charge < -0.3 is 14.6 Å². The van der Waals surface area contributed by atoms with E-state index in [0.717, 1.165) is 11.1 Å². The summed E-state index contributed by atoms with van der Waals surface area (Å²) in [5.41, 5.74) is 2.19. The SMILES string of the molecule is Cc1ccc(C)c(N(CC(=O)NCc2ccco2)C(=O)CNS(=O)(=O)c2ccc(Cl)cc2)c1. The zero-order chi connectivity index (χ0) is 24.0. The Morgan fingerprint density at radius 2 is 1.79 bits per heavy atom. The second kappa shape index (κ2) is 10.7. The molecule has 33 heavy (non-hydrogen) atoms. The van der Waals surface area contributed by atoms with Crippen molar-refractivity contribution in [3.63, 3.8) is 0 Å². The zero-order valence-corrected chi connectivity index (χ0v) is 19.7. The fourth-order valence-electron chi connectivity index (χ4n) is 3.07. The van der Waals surface area contributed by atoms with E-state index in [1.54, 1.807) is 18.2 Å². The minimum atomic E-state index is -3.94. The average molecular weight is 490 g/mol. The first-order valence-corrected chi connectivity index (χ1v) is 11.9. The van der Waals surface area contributed by atoms with Gasteiger partial charge in [-0.3, -0.25) is 9.59 Å². The first-order valence-electron chi connectivity index (χ1n) is 10.1. The highest BCUT2D eigenvalue weighted by Crippen LogP contribution is 2.22. The van der Waals surface area contributed by atoms with E-state index < -0.39 is 28.4 Å². The summed E-state index contributed by atoms with van der Waals surface area (Å²) in [7, 11) is -3.94. The molecule has 0 aliphatic rings. The van der Waals surface area contributed by atoms with Gasteiger partial charge in [0.15, 0.2) is 0 Å². The molecule has 1 heterocycles. The lowest BCUT2D eigenvalue weighted by molar-refractivity contribution is -0.123. The number of hydrogen-bond donors (Lipinski definition) is 2. The topological polar surface area (TPSA) is 109 Å². The predicted molar refractivity (Wildman–Crippen MR) is 125 cm³/mol. The van der Waals surface area contributed by atoms with Crippen LogP contribution in [0.3, 0.4) is 0 Å². The summed E-state index contributed by atoms with van der Waals surface area (Å²) in [4.78, 5) is 26.9. The van der Waals surface area contributed by atoms with Crippen molar-refractivity contribution in [2.45, 2.75) is 25.3 Å². The molecule has 0 saturated carbocycles. The van der Waals surface area contributed by atoms with Crippen LogP contribution in [-0.2, 0) is 26.2 Å². The largest absolute Gasteiger partial charge is 0.467 e. The van der Waals surface area contributed by atoms with Gasteiger partial charge >= 0.3 is 0 Å². The van der Waals surface area contributed by atoms with E-state index >= 15 is 0 Å². The molecule has 3 rings (SSSR count). The molecular formula is C23H24ClN3O5S. The molecule has 0 saturated heterocycles. The number of carbonyl (C=O) groups excluding carboxylic acids is 2. The Kier molecular flexibility index (Phi) is 7.91. The third-order valence-corrected chi connectivity index (χ3v) is 6.50. The van der Waals surface area contributed by atoms with E-state index in [4.69, 9.17) is 16.0 Å². The van der Waals surface area contributed by atoms with Crippen molar-refractivity contribution in [1.82, 2.24) is 10.0 Å². The van der Waals surface area contributed by atoms with Crippen LogP contribution in [0.1, 0.15) is 16.9 Å². The molecular weight excluding hydrogens is 466 g/mol. The standard InChI is InChI=1S/C23H24ClN3O5S/c1-16-5-6-17(2)21(12-16)27(15-22(28)25-13-19-4-3-11-32-19)23(29)14-26-33(30,31)20-9-7-18(24)8-10-20/h3-12,26H,13-15H2,1-2H3,(H,25,28). The van der Waals surface area contributed by atoms with Gasteiger partial charge in [0.1, 0.15) is 12.3 Å². The molecule has 2 aromatic carbocycles. The van der Waals surface area contributed by atoms with Crippen molar-refractivity contribution < 1.29 is 22.4 Å². The van der Waals surface area contributed by atoms with Crippen LogP contribution in [-0.4, -0.2) is 33.3 Å². The van der Waals surface area contributed by atoms with Crippen molar-refractivity contribution in [3.05, 3.63) is 82.8 Å². The predicted octanol–water partition coefficient (Wildman–Crippen LogP) is 3.18. The average Bonchev–Trinajstić information content (AvgIpc) is 3.30. The van der Waals surface area contributed by atoms with Crippen LogP contribution >= 0.6 is 11.6 Å². The van der Waals surface area contributed by atoms with Gasteiger partial charge in [-0.05, 0) is 67.4 Å². The van der Waals surface area contributed by atoms with Crippen LogP contribution in [0.2, 0.25) is 5.02 Å². The van der Waals surface area contributed by atoms with E-state index in [0.29, 0.717) is 16.5 Å². The molecule has 1 aromatic heterocycles. The van der Waals surface area contributed by atoms with E-state index in [2.05, 4.69) is 10.0 Å². The molecule has 8 nitrogen and oxygen atoms in total.